The van der Waals surface area contributed by atoms with Crippen LogP contribution in [0, 0.1) is 0 Å². The normalized spacial score (nSPS) is 11.4. The van der Waals surface area contributed by atoms with E-state index < -0.39 is 26.3 Å². The van der Waals surface area contributed by atoms with E-state index in [9.17, 15) is 21.6 Å². The second-order valence-corrected chi connectivity index (χ2v) is 12.9. The summed E-state index contributed by atoms with van der Waals surface area (Å²) >= 11 is 0. The second kappa shape index (κ2) is 14.5. The predicted molar refractivity (Wildman–Crippen MR) is 164 cm³/mol. The Hall–Kier alpha value is -4.35. The lowest BCUT2D eigenvalue weighted by atomic mass is 10.1. The number of aryl methyl sites for hydroxylation is 2. The lowest BCUT2D eigenvalue weighted by Gasteiger charge is -2.13. The van der Waals surface area contributed by atoms with Crippen molar-refractivity contribution in [3.8, 4) is 11.5 Å². The largest absolute Gasteiger partial charge is 0.382 e. The second-order valence-electron chi connectivity index (χ2n) is 9.47. The molecule has 9 nitrogen and oxygen atoms in total. The first kappa shape index (κ1) is 30.6. The van der Waals surface area contributed by atoms with Crippen LogP contribution in [0.25, 0.3) is 0 Å². The zero-order chi connectivity index (χ0) is 29.8. The molecule has 42 heavy (non-hydrogen) atoms. The molecule has 2 amide bonds. The molecule has 0 spiro atoms. The van der Waals surface area contributed by atoms with Crippen molar-refractivity contribution in [2.45, 2.75) is 25.7 Å². The summed E-state index contributed by atoms with van der Waals surface area (Å²) in [6, 6.07) is 30.6. The third-order valence-electron chi connectivity index (χ3n) is 6.07. The molecule has 4 aromatic rings. The Balaban J connectivity index is 1.30. The Kier molecular flexibility index (Phi) is 10.6. The van der Waals surface area contributed by atoms with Crippen molar-refractivity contribution in [2.75, 3.05) is 22.1 Å². The number of urea groups is 1. The van der Waals surface area contributed by atoms with Crippen molar-refractivity contribution in [1.29, 1.82) is 0 Å². The SMILES string of the molecule is O=C(Nc1cccc(OS(=O)(=O)CCCc2ccccc2)c1)Nc1ccccc1OS(=O)(=O)CCCc1ccccc1. The Morgan fingerprint density at radius 2 is 1.14 bits per heavy atom. The molecule has 0 saturated carbocycles. The maximum absolute atomic E-state index is 12.7. The molecule has 0 fully saturated rings. The number of para-hydroxylation sites is 2. The van der Waals surface area contributed by atoms with Gasteiger partial charge < -0.3 is 19.0 Å². The molecule has 0 atom stereocenters. The van der Waals surface area contributed by atoms with Crippen molar-refractivity contribution < 1.29 is 30.0 Å². The summed E-state index contributed by atoms with van der Waals surface area (Å²) in [6.45, 7) is 0. The number of benzene rings is 4. The standard InChI is InChI=1S/C31H32N2O7S2/c34-31(32-27-18-9-19-28(24-27)39-41(35,36)22-10-16-25-12-3-1-4-13-25)33-29-20-7-8-21-30(29)40-42(37,38)23-11-17-26-14-5-2-6-15-26/h1-9,12-15,18-21,24H,10-11,16-17,22-23H2,(H2,32,33,34). The summed E-state index contributed by atoms with van der Waals surface area (Å²) in [5, 5.41) is 5.17. The number of amides is 2. The van der Waals surface area contributed by atoms with Crippen LogP contribution in [0.2, 0.25) is 0 Å². The van der Waals surface area contributed by atoms with E-state index in [0.29, 0.717) is 25.7 Å². The van der Waals surface area contributed by atoms with Gasteiger partial charge in [0.2, 0.25) is 0 Å². The van der Waals surface area contributed by atoms with Crippen LogP contribution in [0.15, 0.2) is 109 Å². The molecule has 0 radical (unpaired) electrons. The first-order valence-corrected chi connectivity index (χ1v) is 16.5. The molecule has 11 heteroatoms. The van der Waals surface area contributed by atoms with Crippen LogP contribution in [0.4, 0.5) is 16.2 Å². The lowest BCUT2D eigenvalue weighted by molar-refractivity contribution is 0.262. The highest BCUT2D eigenvalue weighted by atomic mass is 32.2. The van der Waals surface area contributed by atoms with Crippen LogP contribution >= 0.6 is 0 Å². The van der Waals surface area contributed by atoms with E-state index in [1.807, 2.05) is 60.7 Å². The number of carbonyl (C=O) groups is 1. The van der Waals surface area contributed by atoms with Crippen molar-refractivity contribution in [2.24, 2.45) is 0 Å². The maximum Gasteiger partial charge on any atom is 0.323 e. The Morgan fingerprint density at radius 3 is 1.76 bits per heavy atom. The zero-order valence-electron chi connectivity index (χ0n) is 22.8. The number of carbonyl (C=O) groups excluding carboxylic acids is 1. The highest BCUT2D eigenvalue weighted by molar-refractivity contribution is 7.87. The van der Waals surface area contributed by atoms with Gasteiger partial charge in [0.1, 0.15) is 5.75 Å². The molecule has 0 saturated heterocycles. The van der Waals surface area contributed by atoms with Crippen LogP contribution in [-0.2, 0) is 33.1 Å². The van der Waals surface area contributed by atoms with Gasteiger partial charge in [-0.15, -0.1) is 0 Å². The number of hydrogen-bond donors (Lipinski definition) is 2. The minimum atomic E-state index is -3.91. The lowest BCUT2D eigenvalue weighted by Crippen LogP contribution is -2.21. The molecule has 0 aliphatic heterocycles. The molecule has 0 aliphatic carbocycles. The molecule has 0 heterocycles. The van der Waals surface area contributed by atoms with Gasteiger partial charge in [-0.3, -0.25) is 0 Å². The van der Waals surface area contributed by atoms with Crippen LogP contribution in [0.5, 0.6) is 11.5 Å². The van der Waals surface area contributed by atoms with Crippen molar-refractivity contribution >= 4 is 37.6 Å². The average Bonchev–Trinajstić information content (AvgIpc) is 2.95. The van der Waals surface area contributed by atoms with Gasteiger partial charge in [-0.2, -0.15) is 16.8 Å². The third kappa shape index (κ3) is 10.2. The number of nitrogens with one attached hydrogen (secondary N) is 2. The average molecular weight is 609 g/mol. The fraction of sp³-hybridized carbons (Fsp3) is 0.194. The molecule has 0 unspecified atom stereocenters. The molecule has 0 bridgehead atoms. The van der Waals surface area contributed by atoms with Gasteiger partial charge in [0.25, 0.3) is 0 Å². The summed E-state index contributed by atoms with van der Waals surface area (Å²) in [6.07, 6.45) is 1.97. The van der Waals surface area contributed by atoms with Crippen LogP contribution in [-0.4, -0.2) is 34.4 Å². The summed E-state index contributed by atoms with van der Waals surface area (Å²) in [5.41, 5.74) is 2.49. The van der Waals surface area contributed by atoms with Crippen LogP contribution in [0.3, 0.4) is 0 Å². The van der Waals surface area contributed by atoms with Crippen molar-refractivity contribution in [1.82, 2.24) is 0 Å². The van der Waals surface area contributed by atoms with Gasteiger partial charge in [0.15, 0.2) is 5.75 Å². The maximum atomic E-state index is 12.7. The highest BCUT2D eigenvalue weighted by Gasteiger charge is 2.17. The van der Waals surface area contributed by atoms with Gasteiger partial charge in [0.05, 0.1) is 17.2 Å². The topological polar surface area (TPSA) is 128 Å². The molecular formula is C31H32N2O7S2. The van der Waals surface area contributed by atoms with Crippen LogP contribution in [0.1, 0.15) is 24.0 Å². The van der Waals surface area contributed by atoms with E-state index in [0.717, 1.165) is 11.1 Å². The number of anilines is 2. The molecule has 2 N–H and O–H groups in total. The van der Waals surface area contributed by atoms with E-state index in [-0.39, 0.29) is 34.4 Å². The summed E-state index contributed by atoms with van der Waals surface area (Å²) in [5.74, 6) is -0.319. The van der Waals surface area contributed by atoms with E-state index in [2.05, 4.69) is 10.6 Å². The monoisotopic (exact) mass is 608 g/mol. The summed E-state index contributed by atoms with van der Waals surface area (Å²) in [7, 11) is -7.76. The zero-order valence-corrected chi connectivity index (χ0v) is 24.4. The van der Waals surface area contributed by atoms with Gasteiger partial charge in [-0.05, 0) is 61.1 Å². The summed E-state index contributed by atoms with van der Waals surface area (Å²) < 4.78 is 60.7. The predicted octanol–water partition coefficient (Wildman–Crippen LogP) is 6.01. The Bertz CT molecular complexity index is 1680. The first-order valence-electron chi connectivity index (χ1n) is 13.4. The fourth-order valence-electron chi connectivity index (χ4n) is 4.12. The molecule has 0 aromatic heterocycles. The third-order valence-corrected chi connectivity index (χ3v) is 8.53. The summed E-state index contributed by atoms with van der Waals surface area (Å²) in [4.78, 5) is 12.7. The Morgan fingerprint density at radius 1 is 0.595 bits per heavy atom. The molecule has 4 rings (SSSR count). The van der Waals surface area contributed by atoms with E-state index >= 15 is 0 Å². The van der Waals surface area contributed by atoms with E-state index in [4.69, 9.17) is 8.37 Å². The smallest absolute Gasteiger partial charge is 0.323 e. The minimum absolute atomic E-state index is 0.0222. The molecule has 220 valence electrons. The molecule has 4 aromatic carbocycles. The van der Waals surface area contributed by atoms with E-state index in [1.165, 1.54) is 24.3 Å². The first-order chi connectivity index (χ1) is 20.2. The number of rotatable bonds is 14. The van der Waals surface area contributed by atoms with Gasteiger partial charge in [-0.25, -0.2) is 4.79 Å². The molecule has 0 aliphatic rings. The Labute approximate surface area is 246 Å². The molecular weight excluding hydrogens is 576 g/mol. The minimum Gasteiger partial charge on any atom is -0.382 e. The van der Waals surface area contributed by atoms with Crippen molar-refractivity contribution in [3.63, 3.8) is 0 Å². The van der Waals surface area contributed by atoms with Gasteiger partial charge >= 0.3 is 26.3 Å². The van der Waals surface area contributed by atoms with E-state index in [1.54, 1.807) is 24.3 Å². The van der Waals surface area contributed by atoms with Gasteiger partial charge in [-0.1, -0.05) is 78.9 Å². The van der Waals surface area contributed by atoms with Crippen molar-refractivity contribution in [3.05, 3.63) is 120 Å². The van der Waals surface area contributed by atoms with Gasteiger partial charge in [0, 0.05) is 11.8 Å². The van der Waals surface area contributed by atoms with Crippen LogP contribution < -0.4 is 19.0 Å². The fourth-order valence-corrected chi connectivity index (χ4v) is 6.09. The number of hydrogen-bond acceptors (Lipinski definition) is 7. The highest BCUT2D eigenvalue weighted by Crippen LogP contribution is 2.26. The quantitative estimate of drug-likeness (QED) is 0.168.